The molecule has 0 bridgehead atoms. The first-order valence-electron chi connectivity index (χ1n) is 11.3. The summed E-state index contributed by atoms with van der Waals surface area (Å²) in [5.41, 5.74) is 3.16. The van der Waals surface area contributed by atoms with E-state index < -0.39 is 10.0 Å². The van der Waals surface area contributed by atoms with Gasteiger partial charge < -0.3 is 10.2 Å². The van der Waals surface area contributed by atoms with Crippen LogP contribution in [0, 0.1) is 11.7 Å². The highest BCUT2D eigenvalue weighted by molar-refractivity contribution is 7.88. The molecule has 0 aromatic heterocycles. The molecule has 0 spiro atoms. The van der Waals surface area contributed by atoms with Crippen LogP contribution in [-0.2, 0) is 23.0 Å². The number of piperidine rings is 1. The fraction of sp³-hybridized carbons (Fsp3) is 0.458. The maximum absolute atomic E-state index is 14.3. The Bertz CT molecular complexity index is 1110. The van der Waals surface area contributed by atoms with Crippen LogP contribution >= 0.6 is 11.6 Å². The topological polar surface area (TPSA) is 69.7 Å². The van der Waals surface area contributed by atoms with Crippen molar-refractivity contribution < 1.29 is 17.6 Å². The number of hydrogen-bond acceptors (Lipinski definition) is 4. The summed E-state index contributed by atoms with van der Waals surface area (Å²) >= 11 is 6.22. The summed E-state index contributed by atoms with van der Waals surface area (Å²) < 4.78 is 39.1. The third-order valence-corrected chi connectivity index (χ3v) is 8.22. The number of rotatable bonds is 6. The number of amides is 1. The van der Waals surface area contributed by atoms with E-state index in [0.29, 0.717) is 42.3 Å². The second kappa shape index (κ2) is 9.99. The Morgan fingerprint density at radius 3 is 2.64 bits per heavy atom. The van der Waals surface area contributed by atoms with Gasteiger partial charge in [-0.05, 0) is 67.5 Å². The van der Waals surface area contributed by atoms with Gasteiger partial charge >= 0.3 is 0 Å². The first-order chi connectivity index (χ1) is 15.7. The third kappa shape index (κ3) is 5.67. The molecule has 0 unspecified atom stereocenters. The molecule has 2 aromatic rings. The van der Waals surface area contributed by atoms with Crippen molar-refractivity contribution in [3.8, 4) is 0 Å². The van der Waals surface area contributed by atoms with Crippen LogP contribution in [0.3, 0.4) is 0 Å². The van der Waals surface area contributed by atoms with Gasteiger partial charge in [0.25, 0.3) is 5.91 Å². The standard InChI is InChI=1S/C24H29ClFN3O3S/c1-33(31,32)29-12-9-17(10-13-29)15-27-24(30)19-7-8-23-18(14-19)4-3-11-28(23)16-20-21(25)5-2-6-22(20)26/h2,5-8,14,17H,3-4,9-13,15-16H2,1H3,(H,27,30). The summed E-state index contributed by atoms with van der Waals surface area (Å²) in [7, 11) is -3.15. The first-order valence-corrected chi connectivity index (χ1v) is 13.5. The number of nitrogens with one attached hydrogen (secondary N) is 1. The van der Waals surface area contributed by atoms with Gasteiger partial charge in [-0.15, -0.1) is 0 Å². The number of benzene rings is 2. The lowest BCUT2D eigenvalue weighted by molar-refractivity contribution is 0.0941. The maximum atomic E-state index is 14.3. The molecular weight excluding hydrogens is 465 g/mol. The number of carbonyl (C=O) groups is 1. The van der Waals surface area contributed by atoms with E-state index in [0.717, 1.165) is 43.5 Å². The number of nitrogens with zero attached hydrogens (tertiary/aromatic N) is 2. The molecule has 2 aliphatic heterocycles. The van der Waals surface area contributed by atoms with E-state index in [1.165, 1.54) is 16.6 Å². The SMILES string of the molecule is CS(=O)(=O)N1CCC(CNC(=O)c2ccc3c(c2)CCCN3Cc2c(F)cccc2Cl)CC1. The highest BCUT2D eigenvalue weighted by Crippen LogP contribution is 2.31. The van der Waals surface area contributed by atoms with Crippen molar-refractivity contribution in [3.63, 3.8) is 0 Å². The Hall–Kier alpha value is -2.16. The average molecular weight is 494 g/mol. The summed E-state index contributed by atoms with van der Waals surface area (Å²) in [6.07, 6.45) is 4.50. The van der Waals surface area contributed by atoms with E-state index in [1.807, 2.05) is 18.2 Å². The second-order valence-electron chi connectivity index (χ2n) is 8.88. The first kappa shape index (κ1) is 24.0. The van der Waals surface area contributed by atoms with Crippen LogP contribution in [0.1, 0.15) is 40.7 Å². The van der Waals surface area contributed by atoms with Crippen LogP contribution in [0.15, 0.2) is 36.4 Å². The van der Waals surface area contributed by atoms with Gasteiger partial charge in [0.1, 0.15) is 5.82 Å². The van der Waals surface area contributed by atoms with E-state index in [9.17, 15) is 17.6 Å². The maximum Gasteiger partial charge on any atom is 0.251 e. The Morgan fingerprint density at radius 1 is 1.18 bits per heavy atom. The number of anilines is 1. The normalized spacial score (nSPS) is 17.6. The van der Waals surface area contributed by atoms with Gasteiger partial charge in [0.15, 0.2) is 0 Å². The molecule has 2 aliphatic rings. The molecule has 6 nitrogen and oxygen atoms in total. The number of halogens is 2. The minimum absolute atomic E-state index is 0.127. The molecule has 0 saturated carbocycles. The lowest BCUT2D eigenvalue weighted by atomic mass is 9.97. The summed E-state index contributed by atoms with van der Waals surface area (Å²) in [6, 6.07) is 10.4. The van der Waals surface area contributed by atoms with E-state index in [4.69, 9.17) is 11.6 Å². The minimum atomic E-state index is -3.15. The molecule has 0 radical (unpaired) electrons. The Labute approximate surface area is 199 Å². The molecule has 33 heavy (non-hydrogen) atoms. The van der Waals surface area contributed by atoms with Crippen molar-refractivity contribution in [1.82, 2.24) is 9.62 Å². The third-order valence-electron chi connectivity index (χ3n) is 6.56. The van der Waals surface area contributed by atoms with E-state index in [-0.39, 0.29) is 17.6 Å². The Balaban J connectivity index is 1.38. The molecule has 1 amide bonds. The average Bonchev–Trinajstić information content (AvgIpc) is 2.79. The van der Waals surface area contributed by atoms with E-state index >= 15 is 0 Å². The fourth-order valence-electron chi connectivity index (χ4n) is 4.64. The Kier molecular flexibility index (Phi) is 7.26. The lowest BCUT2D eigenvalue weighted by Gasteiger charge is -2.32. The quantitative estimate of drug-likeness (QED) is 0.664. The number of hydrogen-bond donors (Lipinski definition) is 1. The van der Waals surface area contributed by atoms with Gasteiger partial charge in [0, 0.05) is 54.6 Å². The molecule has 178 valence electrons. The van der Waals surface area contributed by atoms with Gasteiger partial charge in [0.05, 0.1) is 6.26 Å². The fourth-order valence-corrected chi connectivity index (χ4v) is 5.74. The van der Waals surface area contributed by atoms with E-state index in [2.05, 4.69) is 10.2 Å². The highest BCUT2D eigenvalue weighted by atomic mass is 35.5. The predicted molar refractivity (Wildman–Crippen MR) is 129 cm³/mol. The van der Waals surface area contributed by atoms with Gasteiger partial charge in [-0.25, -0.2) is 17.1 Å². The monoisotopic (exact) mass is 493 g/mol. The van der Waals surface area contributed by atoms with E-state index in [1.54, 1.807) is 12.1 Å². The van der Waals surface area contributed by atoms with Crippen molar-refractivity contribution in [2.75, 3.05) is 37.3 Å². The molecule has 2 aromatic carbocycles. The van der Waals surface area contributed by atoms with Crippen LogP contribution < -0.4 is 10.2 Å². The van der Waals surface area contributed by atoms with Crippen molar-refractivity contribution >= 4 is 33.2 Å². The van der Waals surface area contributed by atoms with Crippen LogP contribution in [0.2, 0.25) is 5.02 Å². The van der Waals surface area contributed by atoms with Crippen molar-refractivity contribution in [1.29, 1.82) is 0 Å². The van der Waals surface area contributed by atoms with Crippen LogP contribution in [0.4, 0.5) is 10.1 Å². The molecule has 4 rings (SSSR count). The zero-order valence-electron chi connectivity index (χ0n) is 18.7. The summed E-state index contributed by atoms with van der Waals surface area (Å²) in [4.78, 5) is 14.9. The van der Waals surface area contributed by atoms with Crippen LogP contribution in [-0.4, -0.2) is 51.1 Å². The molecule has 0 atom stereocenters. The van der Waals surface area contributed by atoms with Gasteiger partial charge in [0.2, 0.25) is 10.0 Å². The molecular formula is C24H29ClFN3O3S. The van der Waals surface area contributed by atoms with Crippen molar-refractivity contribution in [3.05, 3.63) is 63.9 Å². The van der Waals surface area contributed by atoms with Crippen LogP contribution in [0.5, 0.6) is 0 Å². The minimum Gasteiger partial charge on any atom is -0.367 e. The van der Waals surface area contributed by atoms with Crippen LogP contribution in [0.25, 0.3) is 0 Å². The van der Waals surface area contributed by atoms with Crippen molar-refractivity contribution in [2.45, 2.75) is 32.2 Å². The number of sulfonamides is 1. The number of fused-ring (bicyclic) bond motifs is 1. The zero-order valence-corrected chi connectivity index (χ0v) is 20.3. The molecule has 2 heterocycles. The Morgan fingerprint density at radius 2 is 1.94 bits per heavy atom. The molecule has 9 heteroatoms. The predicted octanol–water partition coefficient (Wildman–Crippen LogP) is 3.83. The summed E-state index contributed by atoms with van der Waals surface area (Å²) in [5.74, 6) is -0.170. The summed E-state index contributed by atoms with van der Waals surface area (Å²) in [5, 5.41) is 3.42. The van der Waals surface area contributed by atoms with Gasteiger partial charge in [-0.1, -0.05) is 17.7 Å². The molecule has 1 saturated heterocycles. The lowest BCUT2D eigenvalue weighted by Crippen LogP contribution is -2.41. The molecule has 1 fully saturated rings. The summed E-state index contributed by atoms with van der Waals surface area (Å²) in [6.45, 7) is 2.72. The smallest absolute Gasteiger partial charge is 0.251 e. The largest absolute Gasteiger partial charge is 0.367 e. The zero-order chi connectivity index (χ0) is 23.6. The molecule has 0 aliphatic carbocycles. The second-order valence-corrected chi connectivity index (χ2v) is 11.3. The van der Waals surface area contributed by atoms with Gasteiger partial charge in [-0.3, -0.25) is 4.79 Å². The number of carbonyl (C=O) groups excluding carboxylic acids is 1. The number of aryl methyl sites for hydroxylation is 1. The highest BCUT2D eigenvalue weighted by Gasteiger charge is 2.25. The molecule has 1 N–H and O–H groups in total. The van der Waals surface area contributed by atoms with Gasteiger partial charge in [-0.2, -0.15) is 0 Å². The van der Waals surface area contributed by atoms with Crippen molar-refractivity contribution in [2.24, 2.45) is 5.92 Å².